The van der Waals surface area contributed by atoms with Crippen molar-refractivity contribution in [3.8, 4) is 5.88 Å². The molecule has 2 N–H and O–H groups in total. The topological polar surface area (TPSA) is 76.4 Å². The second-order valence-corrected chi connectivity index (χ2v) is 5.43. The molecule has 7 heteroatoms. The molecule has 2 heterocycles. The van der Waals surface area contributed by atoms with Gasteiger partial charge in [-0.2, -0.15) is 5.10 Å². The number of hydrogen-bond acceptors (Lipinski definition) is 4. The van der Waals surface area contributed by atoms with Crippen molar-refractivity contribution in [3.63, 3.8) is 0 Å². The first-order valence-electron chi connectivity index (χ1n) is 7.06. The van der Waals surface area contributed by atoms with E-state index >= 15 is 0 Å². The maximum absolute atomic E-state index is 12.0. The van der Waals surface area contributed by atoms with Gasteiger partial charge in [0, 0.05) is 17.6 Å². The van der Waals surface area contributed by atoms with E-state index in [9.17, 15) is 9.90 Å². The zero-order chi connectivity index (χ0) is 15.5. The van der Waals surface area contributed by atoms with Crippen molar-refractivity contribution in [3.05, 3.63) is 46.6 Å². The van der Waals surface area contributed by atoms with Gasteiger partial charge in [0.15, 0.2) is 5.69 Å². The summed E-state index contributed by atoms with van der Waals surface area (Å²) in [4.78, 5) is 12.0. The standard InChI is InChI=1S/C15H16ClN3O3/c16-11-4-2-1-3-10(11)13(20)5-6-17-15(21)12-9-14-19(18-12)7-8-22-14/h1-4,9,13,20H,5-8H2,(H,17,21). The summed E-state index contributed by atoms with van der Waals surface area (Å²) < 4.78 is 6.97. The van der Waals surface area contributed by atoms with Gasteiger partial charge in [0.25, 0.3) is 5.91 Å². The number of fused-ring (bicyclic) bond motifs is 1. The predicted octanol–water partition coefficient (Wildman–Crippen LogP) is 1.78. The fourth-order valence-electron chi connectivity index (χ4n) is 2.34. The molecule has 1 aliphatic rings. The Morgan fingerprint density at radius 1 is 1.50 bits per heavy atom. The van der Waals surface area contributed by atoms with Crippen LogP contribution in [-0.4, -0.2) is 33.9 Å². The molecule has 3 rings (SSSR count). The molecule has 1 aromatic carbocycles. The zero-order valence-electron chi connectivity index (χ0n) is 11.8. The minimum Gasteiger partial charge on any atom is -0.476 e. The van der Waals surface area contributed by atoms with Crippen molar-refractivity contribution in [1.82, 2.24) is 15.1 Å². The van der Waals surface area contributed by atoms with Gasteiger partial charge in [0.2, 0.25) is 5.88 Å². The monoisotopic (exact) mass is 321 g/mol. The summed E-state index contributed by atoms with van der Waals surface area (Å²) >= 11 is 6.03. The molecule has 6 nitrogen and oxygen atoms in total. The summed E-state index contributed by atoms with van der Waals surface area (Å²) in [6.45, 7) is 1.58. The number of halogens is 1. The van der Waals surface area contributed by atoms with Crippen LogP contribution in [0.1, 0.15) is 28.6 Å². The van der Waals surface area contributed by atoms with Crippen molar-refractivity contribution < 1.29 is 14.6 Å². The zero-order valence-corrected chi connectivity index (χ0v) is 12.6. The Bertz CT molecular complexity index is 665. The summed E-state index contributed by atoms with van der Waals surface area (Å²) in [5.74, 6) is 0.332. The van der Waals surface area contributed by atoms with Gasteiger partial charge in [-0.25, -0.2) is 4.68 Å². The SMILES string of the molecule is O=C(NCCC(O)c1ccccc1Cl)c1cc2n(n1)CCO2. The first kappa shape index (κ1) is 14.9. The van der Waals surface area contributed by atoms with Crippen LogP contribution in [0.3, 0.4) is 0 Å². The highest BCUT2D eigenvalue weighted by Crippen LogP contribution is 2.24. The molecule has 1 aliphatic heterocycles. The summed E-state index contributed by atoms with van der Waals surface area (Å²) in [7, 11) is 0. The molecule has 0 aliphatic carbocycles. The van der Waals surface area contributed by atoms with Gasteiger partial charge in [0.1, 0.15) is 6.61 Å². The lowest BCUT2D eigenvalue weighted by Gasteiger charge is -2.12. The number of aliphatic hydroxyl groups excluding tert-OH is 1. The number of ether oxygens (including phenoxy) is 1. The highest BCUT2D eigenvalue weighted by atomic mass is 35.5. The molecule has 1 aromatic heterocycles. The van der Waals surface area contributed by atoms with E-state index in [2.05, 4.69) is 10.4 Å². The quantitative estimate of drug-likeness (QED) is 0.880. The molecule has 116 valence electrons. The van der Waals surface area contributed by atoms with E-state index in [1.807, 2.05) is 6.07 Å². The number of nitrogens with one attached hydrogen (secondary N) is 1. The normalized spacial score (nSPS) is 14.3. The molecular formula is C15H16ClN3O3. The molecule has 0 bridgehead atoms. The molecule has 2 aromatic rings. The first-order chi connectivity index (χ1) is 10.6. The molecule has 22 heavy (non-hydrogen) atoms. The number of carbonyl (C=O) groups excluding carboxylic acids is 1. The Kier molecular flexibility index (Phi) is 4.31. The Labute approximate surface area is 132 Å². The highest BCUT2D eigenvalue weighted by molar-refractivity contribution is 6.31. The van der Waals surface area contributed by atoms with Crippen LogP contribution in [0.5, 0.6) is 5.88 Å². The van der Waals surface area contributed by atoms with E-state index in [0.717, 1.165) is 0 Å². The summed E-state index contributed by atoms with van der Waals surface area (Å²) in [5.41, 5.74) is 0.981. The van der Waals surface area contributed by atoms with E-state index < -0.39 is 6.10 Å². The lowest BCUT2D eigenvalue weighted by molar-refractivity contribution is 0.0936. The van der Waals surface area contributed by atoms with E-state index in [1.165, 1.54) is 0 Å². The number of aliphatic hydroxyl groups is 1. The third-order valence-electron chi connectivity index (χ3n) is 3.50. The number of benzene rings is 1. The Hall–Kier alpha value is -2.05. The average Bonchev–Trinajstić information content (AvgIpc) is 3.08. The largest absolute Gasteiger partial charge is 0.476 e. The molecule has 1 amide bonds. The molecule has 0 saturated heterocycles. The van der Waals surface area contributed by atoms with Gasteiger partial charge in [-0.1, -0.05) is 29.8 Å². The second-order valence-electron chi connectivity index (χ2n) is 5.02. The maximum atomic E-state index is 12.0. The number of aromatic nitrogens is 2. The molecule has 0 radical (unpaired) electrons. The van der Waals surface area contributed by atoms with Gasteiger partial charge >= 0.3 is 0 Å². The van der Waals surface area contributed by atoms with Crippen molar-refractivity contribution in [1.29, 1.82) is 0 Å². The minimum absolute atomic E-state index is 0.281. The number of amides is 1. The van der Waals surface area contributed by atoms with Crippen molar-refractivity contribution in [2.45, 2.75) is 19.1 Å². The van der Waals surface area contributed by atoms with Crippen LogP contribution in [0.25, 0.3) is 0 Å². The Morgan fingerprint density at radius 2 is 2.32 bits per heavy atom. The molecule has 0 spiro atoms. The molecule has 1 unspecified atom stereocenters. The van der Waals surface area contributed by atoms with Gasteiger partial charge < -0.3 is 15.2 Å². The molecule has 0 saturated carbocycles. The van der Waals surface area contributed by atoms with Gasteiger partial charge in [-0.05, 0) is 18.1 Å². The van der Waals surface area contributed by atoms with E-state index in [-0.39, 0.29) is 5.91 Å². The fourth-order valence-corrected chi connectivity index (χ4v) is 2.60. The number of carbonyl (C=O) groups is 1. The predicted molar refractivity (Wildman–Crippen MR) is 81.1 cm³/mol. The Morgan fingerprint density at radius 3 is 3.09 bits per heavy atom. The number of nitrogens with zero attached hydrogens (tertiary/aromatic N) is 2. The summed E-state index contributed by atoms with van der Waals surface area (Å²) in [5, 5.41) is 17.5. The second kappa shape index (κ2) is 6.37. The maximum Gasteiger partial charge on any atom is 0.271 e. The lowest BCUT2D eigenvalue weighted by atomic mass is 10.1. The van der Waals surface area contributed by atoms with Crippen LogP contribution in [0, 0.1) is 0 Å². The fraction of sp³-hybridized carbons (Fsp3) is 0.333. The van der Waals surface area contributed by atoms with Crippen LogP contribution in [0.15, 0.2) is 30.3 Å². The van der Waals surface area contributed by atoms with E-state index in [4.69, 9.17) is 16.3 Å². The number of rotatable bonds is 5. The number of hydrogen-bond donors (Lipinski definition) is 2. The van der Waals surface area contributed by atoms with E-state index in [1.54, 1.807) is 28.9 Å². The van der Waals surface area contributed by atoms with E-state index in [0.29, 0.717) is 48.3 Å². The van der Waals surface area contributed by atoms with Crippen LogP contribution < -0.4 is 10.1 Å². The summed E-state index contributed by atoms with van der Waals surface area (Å²) in [6, 6.07) is 8.74. The van der Waals surface area contributed by atoms with Crippen LogP contribution in [0.2, 0.25) is 5.02 Å². The van der Waals surface area contributed by atoms with Gasteiger partial charge in [-0.3, -0.25) is 4.79 Å². The lowest BCUT2D eigenvalue weighted by Crippen LogP contribution is -2.26. The Balaban J connectivity index is 1.52. The van der Waals surface area contributed by atoms with Crippen LogP contribution >= 0.6 is 11.6 Å². The first-order valence-corrected chi connectivity index (χ1v) is 7.44. The van der Waals surface area contributed by atoms with Crippen molar-refractivity contribution >= 4 is 17.5 Å². The van der Waals surface area contributed by atoms with Crippen LogP contribution in [0.4, 0.5) is 0 Å². The molecule has 0 fully saturated rings. The van der Waals surface area contributed by atoms with Crippen LogP contribution in [-0.2, 0) is 6.54 Å². The third kappa shape index (κ3) is 3.08. The smallest absolute Gasteiger partial charge is 0.271 e. The highest BCUT2D eigenvalue weighted by Gasteiger charge is 2.19. The molecular weight excluding hydrogens is 306 g/mol. The average molecular weight is 322 g/mol. The van der Waals surface area contributed by atoms with Gasteiger partial charge in [-0.15, -0.1) is 0 Å². The van der Waals surface area contributed by atoms with Crippen molar-refractivity contribution in [2.24, 2.45) is 0 Å². The van der Waals surface area contributed by atoms with Gasteiger partial charge in [0.05, 0.1) is 12.6 Å². The van der Waals surface area contributed by atoms with Crippen molar-refractivity contribution in [2.75, 3.05) is 13.2 Å². The third-order valence-corrected chi connectivity index (χ3v) is 3.84. The summed E-state index contributed by atoms with van der Waals surface area (Å²) in [6.07, 6.45) is -0.344. The molecule has 1 atom stereocenters. The minimum atomic E-state index is -0.718.